The third-order valence-electron chi connectivity index (χ3n) is 3.09. The maximum Gasteiger partial charge on any atom is 0.496 e. The molecule has 1 aliphatic heterocycles. The zero-order valence-electron chi connectivity index (χ0n) is 11.1. The van der Waals surface area contributed by atoms with Gasteiger partial charge in [-0.1, -0.05) is 12.1 Å². The fourth-order valence-electron chi connectivity index (χ4n) is 2.21. The quantitative estimate of drug-likeness (QED) is 0.313. The summed E-state index contributed by atoms with van der Waals surface area (Å²) in [5, 5.41) is 29.0. The largest absolute Gasteiger partial charge is 0.496 e. The van der Waals surface area contributed by atoms with E-state index in [-0.39, 0.29) is 13.0 Å². The summed E-state index contributed by atoms with van der Waals surface area (Å²) in [7, 11) is -1.28. The third-order valence-corrected chi connectivity index (χ3v) is 3.09. The number of hydrogen-bond donors (Lipinski definition) is 2. The van der Waals surface area contributed by atoms with Crippen LogP contribution < -0.4 is 10.2 Å². The lowest BCUT2D eigenvalue weighted by atomic mass is 9.78. The summed E-state index contributed by atoms with van der Waals surface area (Å²) in [6, 6.07) is 4.91. The zero-order chi connectivity index (χ0) is 15.4. The minimum Gasteiger partial charge on any atom is -0.494 e. The van der Waals surface area contributed by atoms with Gasteiger partial charge in [0.05, 0.1) is 6.61 Å². The van der Waals surface area contributed by atoms with Crippen molar-refractivity contribution in [2.75, 3.05) is 13.2 Å². The van der Waals surface area contributed by atoms with Crippen molar-refractivity contribution in [1.29, 1.82) is 0 Å². The number of ether oxygens (including phenoxy) is 1. The molecule has 1 aliphatic rings. The number of aliphatic carboxylic acids is 1. The van der Waals surface area contributed by atoms with Gasteiger partial charge < -0.3 is 19.5 Å². The fraction of sp³-hybridized carbons (Fsp3) is 0.417. The minimum absolute atomic E-state index is 0.0158. The maximum absolute atomic E-state index is 10.6. The number of rotatable bonds is 7. The molecule has 1 unspecified atom stereocenters. The van der Waals surface area contributed by atoms with E-state index < -0.39 is 30.7 Å². The average molecular weight is 295 g/mol. The standard InChI is InChI=1S/C12H14BNO7/c15-11(16)5-2-6-20-9-4-1-3-8-10(7-14(18)19)21-13(17)12(8)9/h1,3-4,10,17H,2,5-7H2,(H,15,16). The predicted octanol–water partition coefficient (Wildman–Crippen LogP) is -0.0343. The molecule has 0 amide bonds. The number of carbonyl (C=O) groups is 1. The van der Waals surface area contributed by atoms with E-state index in [1.807, 2.05) is 0 Å². The van der Waals surface area contributed by atoms with Crippen molar-refractivity contribution in [1.82, 2.24) is 0 Å². The Labute approximate surface area is 120 Å². The van der Waals surface area contributed by atoms with Gasteiger partial charge in [-0.15, -0.1) is 0 Å². The van der Waals surface area contributed by atoms with E-state index in [9.17, 15) is 19.9 Å². The van der Waals surface area contributed by atoms with Crippen LogP contribution in [0.15, 0.2) is 18.2 Å². The van der Waals surface area contributed by atoms with Gasteiger partial charge in [0.1, 0.15) is 11.9 Å². The molecule has 9 heteroatoms. The Morgan fingerprint density at radius 3 is 2.95 bits per heavy atom. The van der Waals surface area contributed by atoms with Gasteiger partial charge in [0.25, 0.3) is 0 Å². The van der Waals surface area contributed by atoms with Crippen LogP contribution in [0.5, 0.6) is 5.75 Å². The van der Waals surface area contributed by atoms with E-state index >= 15 is 0 Å². The van der Waals surface area contributed by atoms with Crippen molar-refractivity contribution < 1.29 is 29.2 Å². The van der Waals surface area contributed by atoms with Crippen LogP contribution in [-0.2, 0) is 9.45 Å². The van der Waals surface area contributed by atoms with Gasteiger partial charge in [-0.3, -0.25) is 14.9 Å². The van der Waals surface area contributed by atoms with Crippen molar-refractivity contribution >= 4 is 18.6 Å². The van der Waals surface area contributed by atoms with E-state index in [1.165, 1.54) is 0 Å². The smallest absolute Gasteiger partial charge is 0.494 e. The Morgan fingerprint density at radius 1 is 1.52 bits per heavy atom. The second-order valence-electron chi connectivity index (χ2n) is 4.60. The first-order valence-corrected chi connectivity index (χ1v) is 6.41. The molecule has 1 aromatic carbocycles. The van der Waals surface area contributed by atoms with Gasteiger partial charge >= 0.3 is 13.1 Å². The minimum atomic E-state index is -1.28. The first-order chi connectivity index (χ1) is 9.99. The van der Waals surface area contributed by atoms with Crippen LogP contribution in [0.25, 0.3) is 0 Å². The number of fused-ring (bicyclic) bond motifs is 1. The lowest BCUT2D eigenvalue weighted by Gasteiger charge is -2.10. The molecule has 1 aromatic rings. The number of benzene rings is 1. The molecule has 1 heterocycles. The Balaban J connectivity index is 2.09. The molecule has 8 nitrogen and oxygen atoms in total. The van der Waals surface area contributed by atoms with Crippen molar-refractivity contribution in [3.63, 3.8) is 0 Å². The van der Waals surface area contributed by atoms with Crippen LogP contribution >= 0.6 is 0 Å². The molecular formula is C12H14BNO7. The van der Waals surface area contributed by atoms with Crippen LogP contribution in [0.4, 0.5) is 0 Å². The fourth-order valence-corrected chi connectivity index (χ4v) is 2.21. The first-order valence-electron chi connectivity index (χ1n) is 6.41. The van der Waals surface area contributed by atoms with E-state index in [2.05, 4.69) is 0 Å². The number of hydrogen-bond acceptors (Lipinski definition) is 6. The second kappa shape index (κ2) is 6.55. The van der Waals surface area contributed by atoms with Gasteiger partial charge in [-0.2, -0.15) is 0 Å². The summed E-state index contributed by atoms with van der Waals surface area (Å²) in [4.78, 5) is 20.5. The highest BCUT2D eigenvalue weighted by Crippen LogP contribution is 2.27. The molecule has 0 aliphatic carbocycles. The first kappa shape index (κ1) is 15.3. The number of nitro groups is 1. The normalized spacial score (nSPS) is 16.6. The molecule has 0 spiro atoms. The van der Waals surface area contributed by atoms with Crippen LogP contribution in [0.3, 0.4) is 0 Å². The van der Waals surface area contributed by atoms with Crippen molar-refractivity contribution in [3.05, 3.63) is 33.9 Å². The van der Waals surface area contributed by atoms with E-state index in [4.69, 9.17) is 14.5 Å². The SMILES string of the molecule is O=C(O)CCCOc1cccc2c1B(O)OC2C[N+](=O)[O-]. The summed E-state index contributed by atoms with van der Waals surface area (Å²) in [6.07, 6.45) is -0.501. The molecular weight excluding hydrogens is 281 g/mol. The van der Waals surface area contributed by atoms with Gasteiger partial charge in [0.2, 0.25) is 6.54 Å². The lowest BCUT2D eigenvalue weighted by molar-refractivity contribution is -0.490. The summed E-state index contributed by atoms with van der Waals surface area (Å²) in [5.41, 5.74) is 0.898. The van der Waals surface area contributed by atoms with Crippen molar-refractivity contribution in [3.8, 4) is 5.75 Å². The molecule has 0 bridgehead atoms. The summed E-state index contributed by atoms with van der Waals surface area (Å²) in [5.74, 6) is -0.553. The Kier molecular flexibility index (Phi) is 4.76. The molecule has 2 rings (SSSR count). The van der Waals surface area contributed by atoms with E-state index in [1.54, 1.807) is 18.2 Å². The van der Waals surface area contributed by atoms with Crippen LogP contribution in [0.2, 0.25) is 0 Å². The number of carboxylic acids is 1. The molecule has 0 saturated carbocycles. The number of nitrogens with zero attached hydrogens (tertiary/aromatic N) is 1. The molecule has 21 heavy (non-hydrogen) atoms. The molecule has 0 fully saturated rings. The van der Waals surface area contributed by atoms with Crippen LogP contribution in [-0.4, -0.2) is 41.3 Å². The monoisotopic (exact) mass is 295 g/mol. The topological polar surface area (TPSA) is 119 Å². The van der Waals surface area contributed by atoms with Gasteiger partial charge in [-0.25, -0.2) is 0 Å². The average Bonchev–Trinajstić information content (AvgIpc) is 2.71. The summed E-state index contributed by atoms with van der Waals surface area (Å²) >= 11 is 0. The Bertz CT molecular complexity index is 550. The maximum atomic E-state index is 10.6. The van der Waals surface area contributed by atoms with E-state index in [0.29, 0.717) is 23.2 Å². The van der Waals surface area contributed by atoms with Crippen LogP contribution in [0.1, 0.15) is 24.5 Å². The molecule has 0 radical (unpaired) electrons. The predicted molar refractivity (Wildman–Crippen MR) is 72.1 cm³/mol. The van der Waals surface area contributed by atoms with Crippen molar-refractivity contribution in [2.24, 2.45) is 0 Å². The highest BCUT2D eigenvalue weighted by atomic mass is 16.6. The summed E-state index contributed by atoms with van der Waals surface area (Å²) in [6.45, 7) is -0.262. The third kappa shape index (κ3) is 3.70. The lowest BCUT2D eigenvalue weighted by Crippen LogP contribution is -2.30. The van der Waals surface area contributed by atoms with Gasteiger partial charge in [0.15, 0.2) is 0 Å². The van der Waals surface area contributed by atoms with Crippen LogP contribution in [0, 0.1) is 10.1 Å². The van der Waals surface area contributed by atoms with Gasteiger partial charge in [0, 0.05) is 16.8 Å². The molecule has 0 aromatic heterocycles. The number of carboxylic acid groups (broad SMARTS) is 1. The molecule has 0 saturated heterocycles. The zero-order valence-corrected chi connectivity index (χ0v) is 11.1. The second-order valence-corrected chi connectivity index (χ2v) is 4.60. The summed E-state index contributed by atoms with van der Waals surface area (Å²) < 4.78 is 10.6. The molecule has 112 valence electrons. The molecule has 2 N–H and O–H groups in total. The van der Waals surface area contributed by atoms with Crippen molar-refractivity contribution in [2.45, 2.75) is 18.9 Å². The Hall–Kier alpha value is -2.13. The van der Waals surface area contributed by atoms with Gasteiger partial charge in [-0.05, 0) is 18.1 Å². The highest BCUT2D eigenvalue weighted by Gasteiger charge is 2.40. The highest BCUT2D eigenvalue weighted by molar-refractivity contribution is 6.62. The Morgan fingerprint density at radius 2 is 2.29 bits per heavy atom. The molecule has 1 atom stereocenters. The van der Waals surface area contributed by atoms with E-state index in [0.717, 1.165) is 0 Å².